The molecule has 0 fully saturated rings. The van der Waals surface area contributed by atoms with E-state index in [1.807, 2.05) is 0 Å². The Morgan fingerprint density at radius 3 is 2.49 bits per heavy atom. The number of benzene rings is 2. The third kappa shape index (κ3) is 3.72. The van der Waals surface area contributed by atoms with Crippen LogP contribution in [0.15, 0.2) is 41.3 Å². The first-order valence-electron chi connectivity index (χ1n) is 10.7. The molecule has 6 nitrogen and oxygen atoms in total. The molecule has 0 radical (unpaired) electrons. The van der Waals surface area contributed by atoms with E-state index < -0.39 is 41.1 Å². The Morgan fingerprint density at radius 1 is 1.17 bits per heavy atom. The van der Waals surface area contributed by atoms with Crippen LogP contribution in [0.1, 0.15) is 43.0 Å². The minimum Gasteiger partial charge on any atom is -0.496 e. The summed E-state index contributed by atoms with van der Waals surface area (Å²) >= 11 is 0. The number of halogens is 5. The van der Waals surface area contributed by atoms with E-state index >= 15 is 8.78 Å². The van der Waals surface area contributed by atoms with Crippen molar-refractivity contribution in [2.45, 2.75) is 56.3 Å². The highest BCUT2D eigenvalue weighted by Crippen LogP contribution is 2.59. The minimum absolute atomic E-state index is 0.0410. The predicted octanol–water partition coefficient (Wildman–Crippen LogP) is 5.00. The van der Waals surface area contributed by atoms with Crippen LogP contribution < -0.4 is 15.6 Å². The molecule has 2 atom stereocenters. The standard InChI is InChI=1S/C24H24F5N3O3/c1-12-8-14-18(17(9-12)35-4)21(2,3)11-22(34,23(25,26)24(27,28)29)19(14)31-16-7-5-6-13-15(16)10-30-32-20(13)33/h5-10,19,31,34H,11H2,1-4H3,(H,32,33). The van der Waals surface area contributed by atoms with E-state index in [1.165, 1.54) is 51.4 Å². The van der Waals surface area contributed by atoms with Gasteiger partial charge in [0.05, 0.1) is 24.7 Å². The van der Waals surface area contributed by atoms with Gasteiger partial charge in [0.15, 0.2) is 5.60 Å². The highest BCUT2D eigenvalue weighted by Gasteiger charge is 2.74. The molecule has 4 rings (SSSR count). The second kappa shape index (κ2) is 7.91. The summed E-state index contributed by atoms with van der Waals surface area (Å²) in [5.41, 5.74) is -4.41. The van der Waals surface area contributed by atoms with Crippen LogP contribution in [0.25, 0.3) is 10.8 Å². The van der Waals surface area contributed by atoms with E-state index in [-0.39, 0.29) is 22.0 Å². The first-order chi connectivity index (χ1) is 16.1. The minimum atomic E-state index is -6.03. The van der Waals surface area contributed by atoms with Crippen LogP contribution in [0, 0.1) is 6.92 Å². The third-order valence-corrected chi connectivity index (χ3v) is 6.58. The summed E-state index contributed by atoms with van der Waals surface area (Å²) in [6.07, 6.45) is -5.70. The van der Waals surface area contributed by atoms with E-state index in [1.54, 1.807) is 13.0 Å². The van der Waals surface area contributed by atoms with Gasteiger partial charge < -0.3 is 15.2 Å². The smallest absolute Gasteiger partial charge is 0.456 e. The number of alkyl halides is 5. The predicted molar refractivity (Wildman–Crippen MR) is 120 cm³/mol. The van der Waals surface area contributed by atoms with Gasteiger partial charge in [0.2, 0.25) is 0 Å². The molecule has 1 aromatic heterocycles. The van der Waals surface area contributed by atoms with Gasteiger partial charge in [0, 0.05) is 16.6 Å². The fraction of sp³-hybridized carbons (Fsp3) is 0.417. The number of aliphatic hydroxyl groups is 1. The molecule has 0 bridgehead atoms. The number of hydrogen-bond donors (Lipinski definition) is 3. The van der Waals surface area contributed by atoms with Gasteiger partial charge in [-0.25, -0.2) is 5.10 Å². The maximum Gasteiger partial charge on any atom is 0.456 e. The zero-order valence-corrected chi connectivity index (χ0v) is 19.3. The molecule has 0 saturated heterocycles. The number of methoxy groups -OCH3 is 1. The number of aryl methyl sites for hydroxylation is 1. The van der Waals surface area contributed by atoms with Crippen molar-refractivity contribution in [3.05, 3.63) is 63.6 Å². The lowest BCUT2D eigenvalue weighted by molar-refractivity contribution is -0.349. The molecule has 3 N–H and O–H groups in total. The summed E-state index contributed by atoms with van der Waals surface area (Å²) in [6.45, 7) is 4.61. The molecule has 188 valence electrons. The number of anilines is 1. The molecule has 0 amide bonds. The molecule has 2 aromatic carbocycles. The Bertz CT molecular complexity index is 1350. The van der Waals surface area contributed by atoms with Crippen molar-refractivity contribution in [3.8, 4) is 5.75 Å². The lowest BCUT2D eigenvalue weighted by Crippen LogP contribution is -2.65. The number of nitrogens with one attached hydrogen (secondary N) is 2. The molecule has 1 heterocycles. The number of aromatic nitrogens is 2. The molecule has 3 aromatic rings. The maximum atomic E-state index is 15.1. The van der Waals surface area contributed by atoms with Gasteiger partial charge in [-0.05, 0) is 48.1 Å². The average molecular weight is 497 g/mol. The summed E-state index contributed by atoms with van der Waals surface area (Å²) in [4.78, 5) is 12.2. The highest BCUT2D eigenvalue weighted by atomic mass is 19.4. The van der Waals surface area contributed by atoms with Crippen molar-refractivity contribution >= 4 is 16.5 Å². The fourth-order valence-corrected chi connectivity index (χ4v) is 5.15. The molecule has 35 heavy (non-hydrogen) atoms. The van der Waals surface area contributed by atoms with Gasteiger partial charge in [0.25, 0.3) is 5.56 Å². The summed E-state index contributed by atoms with van der Waals surface area (Å²) in [5, 5.41) is 20.4. The van der Waals surface area contributed by atoms with E-state index in [4.69, 9.17) is 4.74 Å². The Morgan fingerprint density at radius 2 is 1.86 bits per heavy atom. The number of hydrogen-bond acceptors (Lipinski definition) is 5. The van der Waals surface area contributed by atoms with Gasteiger partial charge >= 0.3 is 12.1 Å². The Hall–Kier alpha value is -3.21. The Balaban J connectivity index is 2.04. The Kier molecular flexibility index (Phi) is 5.62. The van der Waals surface area contributed by atoms with Crippen LogP contribution in [0.2, 0.25) is 0 Å². The second-order valence-electron chi connectivity index (χ2n) is 9.53. The van der Waals surface area contributed by atoms with Crippen LogP contribution in [0.3, 0.4) is 0 Å². The van der Waals surface area contributed by atoms with E-state index in [0.29, 0.717) is 16.9 Å². The van der Waals surface area contributed by atoms with Gasteiger partial charge in [-0.2, -0.15) is 27.1 Å². The van der Waals surface area contributed by atoms with Crippen LogP contribution in [0.4, 0.5) is 27.6 Å². The highest BCUT2D eigenvalue weighted by molar-refractivity contribution is 5.92. The summed E-state index contributed by atoms with van der Waals surface area (Å²) in [6, 6.07) is 5.53. The largest absolute Gasteiger partial charge is 0.496 e. The Labute approximate surface area is 197 Å². The number of H-pyrrole nitrogens is 1. The maximum absolute atomic E-state index is 15.1. The lowest BCUT2D eigenvalue weighted by Gasteiger charge is -2.51. The molecule has 0 aliphatic heterocycles. The molecule has 1 aliphatic carbocycles. The van der Waals surface area contributed by atoms with Crippen LogP contribution in [-0.4, -0.2) is 40.1 Å². The second-order valence-corrected chi connectivity index (χ2v) is 9.53. The van der Waals surface area contributed by atoms with Gasteiger partial charge in [-0.15, -0.1) is 0 Å². The van der Waals surface area contributed by atoms with E-state index in [0.717, 1.165) is 0 Å². The number of rotatable bonds is 4. The number of ether oxygens (including phenoxy) is 1. The SMILES string of the molecule is COc1cc(C)cc2c1C(C)(C)CC(O)(C(F)(F)C(F)(F)F)C2Nc1cccc2c(=O)[nH]ncc12. The van der Waals surface area contributed by atoms with Crippen molar-refractivity contribution in [1.29, 1.82) is 0 Å². The monoisotopic (exact) mass is 497 g/mol. The van der Waals surface area contributed by atoms with Crippen LogP contribution in [-0.2, 0) is 5.41 Å². The average Bonchev–Trinajstić information content (AvgIpc) is 2.75. The quantitative estimate of drug-likeness (QED) is 0.442. The van der Waals surface area contributed by atoms with Crippen molar-refractivity contribution in [3.63, 3.8) is 0 Å². The van der Waals surface area contributed by atoms with Crippen molar-refractivity contribution < 1.29 is 31.8 Å². The zero-order chi connectivity index (χ0) is 26.0. The molecular formula is C24H24F5N3O3. The molecule has 2 unspecified atom stereocenters. The first kappa shape index (κ1) is 24.9. The number of aromatic amines is 1. The molecule has 0 saturated carbocycles. The topological polar surface area (TPSA) is 87.2 Å². The van der Waals surface area contributed by atoms with Gasteiger partial charge in [-0.1, -0.05) is 26.0 Å². The molecule has 11 heteroatoms. The van der Waals surface area contributed by atoms with Gasteiger partial charge in [-0.3, -0.25) is 4.79 Å². The number of nitrogens with zero attached hydrogens (tertiary/aromatic N) is 1. The molecule has 1 aliphatic rings. The summed E-state index contributed by atoms with van der Waals surface area (Å²) < 4.78 is 76.9. The van der Waals surface area contributed by atoms with E-state index in [9.17, 15) is 23.1 Å². The zero-order valence-electron chi connectivity index (χ0n) is 19.3. The third-order valence-electron chi connectivity index (χ3n) is 6.58. The summed E-state index contributed by atoms with van der Waals surface area (Å²) in [5.74, 6) is -5.17. The first-order valence-corrected chi connectivity index (χ1v) is 10.7. The van der Waals surface area contributed by atoms with E-state index in [2.05, 4.69) is 15.5 Å². The molecule has 0 spiro atoms. The van der Waals surface area contributed by atoms with Crippen LogP contribution in [0.5, 0.6) is 5.75 Å². The van der Waals surface area contributed by atoms with Crippen molar-refractivity contribution in [2.24, 2.45) is 0 Å². The van der Waals surface area contributed by atoms with Crippen LogP contribution >= 0.6 is 0 Å². The van der Waals surface area contributed by atoms with Crippen molar-refractivity contribution in [2.75, 3.05) is 12.4 Å². The lowest BCUT2D eigenvalue weighted by atomic mass is 9.61. The normalized spacial score (nSPS) is 22.1. The van der Waals surface area contributed by atoms with Gasteiger partial charge in [0.1, 0.15) is 5.75 Å². The molecular weight excluding hydrogens is 473 g/mol. The summed E-state index contributed by atoms with van der Waals surface area (Å²) in [7, 11) is 1.38. The fourth-order valence-electron chi connectivity index (χ4n) is 5.15. The van der Waals surface area contributed by atoms with Crippen molar-refractivity contribution in [1.82, 2.24) is 10.2 Å². The number of fused-ring (bicyclic) bond motifs is 2.